The molecule has 0 heterocycles. The van der Waals surface area contributed by atoms with E-state index in [4.69, 9.17) is 4.74 Å². The Morgan fingerprint density at radius 1 is 1.11 bits per heavy atom. The van der Waals surface area contributed by atoms with Gasteiger partial charge in [0.15, 0.2) is 0 Å². The predicted octanol–water partition coefficient (Wildman–Crippen LogP) is 3.81. The van der Waals surface area contributed by atoms with Crippen molar-refractivity contribution in [1.29, 1.82) is 0 Å². The summed E-state index contributed by atoms with van der Waals surface area (Å²) in [5, 5.41) is 10.6. The highest BCUT2D eigenvalue weighted by Gasteiger charge is 2.16. The van der Waals surface area contributed by atoms with Crippen LogP contribution in [0.15, 0.2) is 47.4 Å². The first kappa shape index (κ1) is 14.0. The van der Waals surface area contributed by atoms with Gasteiger partial charge in [-0.15, -0.1) is 11.8 Å². The van der Waals surface area contributed by atoms with Crippen molar-refractivity contribution in [3.8, 4) is 5.75 Å². The van der Waals surface area contributed by atoms with Gasteiger partial charge in [-0.2, -0.15) is 0 Å². The van der Waals surface area contributed by atoms with Crippen LogP contribution in [0.25, 0.3) is 0 Å². The molecule has 100 valence electrons. The van der Waals surface area contributed by atoms with Crippen LogP contribution in [-0.4, -0.2) is 18.5 Å². The molecule has 0 saturated heterocycles. The molecule has 0 aliphatic carbocycles. The van der Waals surface area contributed by atoms with E-state index in [1.165, 1.54) is 0 Å². The quantitative estimate of drug-likeness (QED) is 0.860. The van der Waals surface area contributed by atoms with Crippen molar-refractivity contribution in [2.45, 2.75) is 17.9 Å². The van der Waals surface area contributed by atoms with Crippen molar-refractivity contribution >= 4 is 11.8 Å². The minimum absolute atomic E-state index is 0.602. The normalized spacial score (nSPS) is 12.2. The molecule has 0 saturated carbocycles. The van der Waals surface area contributed by atoms with Crippen LogP contribution in [0.2, 0.25) is 0 Å². The van der Waals surface area contributed by atoms with Gasteiger partial charge < -0.3 is 9.84 Å². The molecule has 0 aromatic heterocycles. The maximum Gasteiger partial charge on any atom is 0.119 e. The Kier molecular flexibility index (Phi) is 4.51. The Bertz CT molecular complexity index is 566. The van der Waals surface area contributed by atoms with Crippen LogP contribution in [0, 0.1) is 6.92 Å². The first-order valence-electron chi connectivity index (χ1n) is 6.13. The Balaban J connectivity index is 2.41. The van der Waals surface area contributed by atoms with Crippen LogP contribution in [0.3, 0.4) is 0 Å². The second kappa shape index (κ2) is 6.13. The zero-order chi connectivity index (χ0) is 13.8. The lowest BCUT2D eigenvalue weighted by Crippen LogP contribution is -2.03. The van der Waals surface area contributed by atoms with Gasteiger partial charge in [0.25, 0.3) is 0 Å². The molecule has 0 amide bonds. The maximum atomic E-state index is 10.6. The number of aryl methyl sites for hydroxylation is 1. The lowest BCUT2D eigenvalue weighted by atomic mass is 9.97. The lowest BCUT2D eigenvalue weighted by molar-refractivity contribution is 0.216. The number of aliphatic hydroxyl groups is 1. The third kappa shape index (κ3) is 2.94. The van der Waals surface area contributed by atoms with Crippen LogP contribution in [0.4, 0.5) is 0 Å². The van der Waals surface area contributed by atoms with Crippen molar-refractivity contribution in [2.24, 2.45) is 0 Å². The standard InChI is InChI=1S/C16H18O2S/c1-11-10-12(18-2)8-9-13(11)16(17)14-6-4-5-7-15(14)19-3/h4-10,16-17H,1-3H3. The van der Waals surface area contributed by atoms with E-state index in [2.05, 4.69) is 0 Å². The van der Waals surface area contributed by atoms with Gasteiger partial charge in [-0.05, 0) is 48.1 Å². The molecule has 1 N–H and O–H groups in total. The van der Waals surface area contributed by atoms with Crippen molar-refractivity contribution in [3.05, 3.63) is 59.2 Å². The summed E-state index contributed by atoms with van der Waals surface area (Å²) >= 11 is 1.65. The Hall–Kier alpha value is -1.45. The number of hydrogen-bond donors (Lipinski definition) is 1. The number of aliphatic hydroxyl groups excluding tert-OH is 1. The molecular weight excluding hydrogens is 256 g/mol. The Morgan fingerprint density at radius 3 is 2.47 bits per heavy atom. The molecule has 1 atom stereocenters. The first-order valence-corrected chi connectivity index (χ1v) is 7.35. The monoisotopic (exact) mass is 274 g/mol. The van der Waals surface area contributed by atoms with Crippen LogP contribution >= 0.6 is 11.8 Å². The summed E-state index contributed by atoms with van der Waals surface area (Å²) in [4.78, 5) is 1.10. The van der Waals surface area contributed by atoms with Crippen molar-refractivity contribution in [3.63, 3.8) is 0 Å². The third-order valence-electron chi connectivity index (χ3n) is 3.21. The number of rotatable bonds is 4. The predicted molar refractivity (Wildman–Crippen MR) is 80.0 cm³/mol. The van der Waals surface area contributed by atoms with Crippen LogP contribution < -0.4 is 4.74 Å². The van der Waals surface area contributed by atoms with E-state index >= 15 is 0 Å². The number of hydrogen-bond acceptors (Lipinski definition) is 3. The molecule has 0 fully saturated rings. The molecule has 2 nitrogen and oxygen atoms in total. The van der Waals surface area contributed by atoms with Gasteiger partial charge in [-0.25, -0.2) is 0 Å². The van der Waals surface area contributed by atoms with E-state index in [0.29, 0.717) is 0 Å². The average molecular weight is 274 g/mol. The molecule has 0 aliphatic heterocycles. The van der Waals surface area contributed by atoms with Crippen LogP contribution in [-0.2, 0) is 0 Å². The Labute approximate surface area is 118 Å². The van der Waals surface area contributed by atoms with Crippen molar-refractivity contribution < 1.29 is 9.84 Å². The molecule has 1 unspecified atom stereocenters. The molecule has 2 rings (SSSR count). The van der Waals surface area contributed by atoms with Crippen molar-refractivity contribution in [2.75, 3.05) is 13.4 Å². The summed E-state index contributed by atoms with van der Waals surface area (Å²) in [7, 11) is 1.65. The second-order valence-corrected chi connectivity index (χ2v) is 5.22. The van der Waals surface area contributed by atoms with Gasteiger partial charge in [0, 0.05) is 4.90 Å². The third-order valence-corrected chi connectivity index (χ3v) is 4.02. The number of benzene rings is 2. The highest BCUT2D eigenvalue weighted by molar-refractivity contribution is 7.98. The molecule has 0 aliphatic rings. The molecule has 0 spiro atoms. The van der Waals surface area contributed by atoms with E-state index in [1.54, 1.807) is 18.9 Å². The minimum Gasteiger partial charge on any atom is -0.497 e. The summed E-state index contributed by atoms with van der Waals surface area (Å²) in [6.07, 6.45) is 1.42. The second-order valence-electron chi connectivity index (χ2n) is 4.37. The SMILES string of the molecule is COc1ccc(C(O)c2ccccc2SC)c(C)c1. The summed E-state index contributed by atoms with van der Waals surface area (Å²) in [5.41, 5.74) is 2.90. The fraction of sp³-hybridized carbons (Fsp3) is 0.250. The zero-order valence-corrected chi connectivity index (χ0v) is 12.2. The minimum atomic E-state index is -0.602. The van der Waals surface area contributed by atoms with E-state index in [-0.39, 0.29) is 0 Å². The fourth-order valence-corrected chi connectivity index (χ4v) is 2.77. The topological polar surface area (TPSA) is 29.5 Å². The van der Waals surface area contributed by atoms with Gasteiger partial charge in [-0.3, -0.25) is 0 Å². The maximum absolute atomic E-state index is 10.6. The van der Waals surface area contributed by atoms with E-state index < -0.39 is 6.10 Å². The summed E-state index contributed by atoms with van der Waals surface area (Å²) in [6, 6.07) is 13.7. The van der Waals surface area contributed by atoms with Crippen molar-refractivity contribution in [1.82, 2.24) is 0 Å². The summed E-state index contributed by atoms with van der Waals surface area (Å²) in [6.45, 7) is 1.99. The van der Waals surface area contributed by atoms with Gasteiger partial charge in [-0.1, -0.05) is 24.3 Å². The number of ether oxygens (including phenoxy) is 1. The fourth-order valence-electron chi connectivity index (χ4n) is 2.14. The first-order chi connectivity index (χ1) is 9.17. The van der Waals surface area contributed by atoms with Gasteiger partial charge >= 0.3 is 0 Å². The molecule has 2 aromatic carbocycles. The summed E-state index contributed by atoms with van der Waals surface area (Å²) < 4.78 is 5.19. The molecule has 19 heavy (non-hydrogen) atoms. The highest BCUT2D eigenvalue weighted by Crippen LogP contribution is 2.32. The van der Waals surface area contributed by atoms with E-state index in [9.17, 15) is 5.11 Å². The molecule has 0 bridgehead atoms. The lowest BCUT2D eigenvalue weighted by Gasteiger charge is -2.17. The average Bonchev–Trinajstić information content (AvgIpc) is 2.46. The van der Waals surface area contributed by atoms with E-state index in [1.807, 2.05) is 55.6 Å². The molecular formula is C16H18O2S. The van der Waals surface area contributed by atoms with Gasteiger partial charge in [0.1, 0.15) is 11.9 Å². The van der Waals surface area contributed by atoms with E-state index in [0.717, 1.165) is 27.3 Å². The smallest absolute Gasteiger partial charge is 0.119 e. The summed E-state index contributed by atoms with van der Waals surface area (Å²) in [5.74, 6) is 0.812. The largest absolute Gasteiger partial charge is 0.497 e. The van der Waals surface area contributed by atoms with Gasteiger partial charge in [0.2, 0.25) is 0 Å². The number of methoxy groups -OCH3 is 1. The van der Waals surface area contributed by atoms with Gasteiger partial charge in [0.05, 0.1) is 7.11 Å². The highest BCUT2D eigenvalue weighted by atomic mass is 32.2. The van der Waals surface area contributed by atoms with Crippen LogP contribution in [0.1, 0.15) is 22.8 Å². The van der Waals surface area contributed by atoms with Crippen LogP contribution in [0.5, 0.6) is 5.75 Å². The number of thioether (sulfide) groups is 1. The molecule has 2 aromatic rings. The molecule has 3 heteroatoms. The Morgan fingerprint density at radius 2 is 1.84 bits per heavy atom. The zero-order valence-electron chi connectivity index (χ0n) is 11.4. The molecule has 0 radical (unpaired) electrons.